The molecule has 0 atom stereocenters. The second-order valence-corrected chi connectivity index (χ2v) is 7.72. The van der Waals surface area contributed by atoms with Crippen molar-refractivity contribution in [2.45, 2.75) is 11.4 Å². The second kappa shape index (κ2) is 6.34. The van der Waals surface area contributed by atoms with Gasteiger partial charge in [0.1, 0.15) is 5.82 Å². The summed E-state index contributed by atoms with van der Waals surface area (Å²) in [6, 6.07) is 9.20. The molecule has 21 heavy (non-hydrogen) atoms. The molecular formula is C14H12BrClFNO2S. The highest BCUT2D eigenvalue weighted by atomic mass is 79.9. The van der Waals surface area contributed by atoms with Crippen molar-refractivity contribution in [2.24, 2.45) is 0 Å². The molecule has 0 amide bonds. The van der Waals surface area contributed by atoms with Crippen LogP contribution in [0.4, 0.5) is 10.1 Å². The first kappa shape index (κ1) is 16.3. The smallest absolute Gasteiger partial charge is 0.175 e. The van der Waals surface area contributed by atoms with Crippen molar-refractivity contribution < 1.29 is 12.8 Å². The van der Waals surface area contributed by atoms with E-state index in [2.05, 4.69) is 21.2 Å². The molecule has 2 aromatic carbocycles. The van der Waals surface area contributed by atoms with Gasteiger partial charge in [-0.25, -0.2) is 12.8 Å². The summed E-state index contributed by atoms with van der Waals surface area (Å²) in [6.07, 6.45) is 1.14. The maximum Gasteiger partial charge on any atom is 0.175 e. The fraction of sp³-hybridized carbons (Fsp3) is 0.143. The predicted octanol–water partition coefficient (Wildman–Crippen LogP) is 4.26. The number of rotatable bonds is 4. The van der Waals surface area contributed by atoms with E-state index in [4.69, 9.17) is 11.6 Å². The van der Waals surface area contributed by atoms with E-state index in [9.17, 15) is 12.8 Å². The van der Waals surface area contributed by atoms with Crippen molar-refractivity contribution in [1.29, 1.82) is 0 Å². The van der Waals surface area contributed by atoms with Gasteiger partial charge < -0.3 is 5.32 Å². The minimum Gasteiger partial charge on any atom is -0.381 e. The normalized spacial score (nSPS) is 11.4. The third-order valence-electron chi connectivity index (χ3n) is 2.86. The van der Waals surface area contributed by atoms with Crippen molar-refractivity contribution in [3.63, 3.8) is 0 Å². The number of anilines is 1. The summed E-state index contributed by atoms with van der Waals surface area (Å²) in [5, 5.41) is 3.40. The second-order valence-electron chi connectivity index (χ2n) is 4.47. The predicted molar refractivity (Wildman–Crippen MR) is 86.0 cm³/mol. The quantitative estimate of drug-likeness (QED) is 0.846. The van der Waals surface area contributed by atoms with Gasteiger partial charge in [0.2, 0.25) is 0 Å². The minimum absolute atomic E-state index is 0.184. The van der Waals surface area contributed by atoms with Crippen molar-refractivity contribution in [3.8, 4) is 0 Å². The Morgan fingerprint density at radius 3 is 2.62 bits per heavy atom. The van der Waals surface area contributed by atoms with Gasteiger partial charge in [-0.2, -0.15) is 0 Å². The minimum atomic E-state index is -3.37. The van der Waals surface area contributed by atoms with Crippen molar-refractivity contribution in [2.75, 3.05) is 11.6 Å². The highest BCUT2D eigenvalue weighted by Gasteiger charge is 2.15. The zero-order chi connectivity index (χ0) is 15.6. The fourth-order valence-corrected chi connectivity index (χ4v) is 3.49. The van der Waals surface area contributed by atoms with Crippen LogP contribution in [0.15, 0.2) is 45.8 Å². The number of halogens is 3. The lowest BCUT2D eigenvalue weighted by molar-refractivity contribution is 0.601. The molecule has 2 aromatic rings. The lowest BCUT2D eigenvalue weighted by atomic mass is 10.2. The Balaban J connectivity index is 2.30. The molecule has 0 aromatic heterocycles. The van der Waals surface area contributed by atoms with Crippen LogP contribution in [-0.4, -0.2) is 14.7 Å². The first-order valence-corrected chi connectivity index (χ1v) is 9.01. The zero-order valence-electron chi connectivity index (χ0n) is 11.0. The van der Waals surface area contributed by atoms with Crippen LogP contribution in [0.25, 0.3) is 0 Å². The van der Waals surface area contributed by atoms with Gasteiger partial charge in [0, 0.05) is 29.1 Å². The van der Waals surface area contributed by atoms with Crippen LogP contribution in [0.3, 0.4) is 0 Å². The highest BCUT2D eigenvalue weighted by molar-refractivity contribution is 9.10. The third kappa shape index (κ3) is 3.96. The SMILES string of the molecule is CS(=O)(=O)c1cccc(Cl)c1CNc1ccc(F)c(Br)c1. The molecule has 0 aliphatic heterocycles. The van der Waals surface area contributed by atoms with Gasteiger partial charge in [0.15, 0.2) is 9.84 Å². The molecule has 0 aliphatic carbocycles. The number of benzene rings is 2. The molecule has 0 bridgehead atoms. The highest BCUT2D eigenvalue weighted by Crippen LogP contribution is 2.26. The Bertz CT molecular complexity index is 781. The molecule has 112 valence electrons. The molecule has 0 unspecified atom stereocenters. The van der Waals surface area contributed by atoms with Crippen molar-refractivity contribution in [1.82, 2.24) is 0 Å². The van der Waals surface area contributed by atoms with Gasteiger partial charge in [-0.3, -0.25) is 0 Å². The number of sulfone groups is 1. The number of hydrogen-bond acceptors (Lipinski definition) is 3. The first-order chi connectivity index (χ1) is 9.79. The van der Waals surface area contributed by atoms with E-state index in [0.29, 0.717) is 20.7 Å². The van der Waals surface area contributed by atoms with E-state index in [1.54, 1.807) is 24.3 Å². The standard InChI is InChI=1S/C14H12BrClFNO2S/c1-21(19,20)14-4-2-3-12(16)10(14)8-18-9-5-6-13(17)11(15)7-9/h2-7,18H,8H2,1H3. The zero-order valence-corrected chi connectivity index (χ0v) is 14.2. The Kier molecular flexibility index (Phi) is 4.91. The molecular weight excluding hydrogens is 381 g/mol. The summed E-state index contributed by atoms with van der Waals surface area (Å²) >= 11 is 9.18. The lowest BCUT2D eigenvalue weighted by Gasteiger charge is -2.12. The average Bonchev–Trinajstić information content (AvgIpc) is 2.40. The first-order valence-electron chi connectivity index (χ1n) is 5.95. The maximum absolute atomic E-state index is 13.2. The third-order valence-corrected chi connectivity index (χ3v) is 5.01. The fourth-order valence-electron chi connectivity index (χ4n) is 1.85. The van der Waals surface area contributed by atoms with Gasteiger partial charge in [-0.05, 0) is 46.3 Å². The van der Waals surface area contributed by atoms with Crippen LogP contribution in [0.5, 0.6) is 0 Å². The molecule has 0 saturated heterocycles. The van der Waals surface area contributed by atoms with Gasteiger partial charge in [-0.1, -0.05) is 17.7 Å². The van der Waals surface area contributed by atoms with Crippen molar-refractivity contribution in [3.05, 3.63) is 57.3 Å². The molecule has 7 heteroatoms. The van der Waals surface area contributed by atoms with E-state index in [0.717, 1.165) is 6.26 Å². The molecule has 0 spiro atoms. The van der Waals surface area contributed by atoms with Crippen LogP contribution in [0.2, 0.25) is 5.02 Å². The van der Waals surface area contributed by atoms with Gasteiger partial charge in [0.25, 0.3) is 0 Å². The van der Waals surface area contributed by atoms with E-state index in [1.807, 2.05) is 0 Å². The number of hydrogen-bond donors (Lipinski definition) is 1. The molecule has 0 aliphatic rings. The molecule has 0 heterocycles. The topological polar surface area (TPSA) is 46.2 Å². The lowest BCUT2D eigenvalue weighted by Crippen LogP contribution is -2.08. The van der Waals surface area contributed by atoms with E-state index < -0.39 is 9.84 Å². The summed E-state index contributed by atoms with van der Waals surface area (Å²) in [4.78, 5) is 0.184. The molecule has 3 nitrogen and oxygen atoms in total. The Morgan fingerprint density at radius 2 is 2.00 bits per heavy atom. The van der Waals surface area contributed by atoms with Crippen molar-refractivity contribution >= 4 is 43.1 Å². The van der Waals surface area contributed by atoms with E-state index in [1.165, 1.54) is 12.1 Å². The Hall–Kier alpha value is -1.11. The van der Waals surface area contributed by atoms with Crippen LogP contribution in [0, 0.1) is 5.82 Å². The summed E-state index contributed by atoms with van der Waals surface area (Å²) < 4.78 is 37.0. The Labute approximate surface area is 136 Å². The Morgan fingerprint density at radius 1 is 1.29 bits per heavy atom. The van der Waals surface area contributed by atoms with E-state index in [-0.39, 0.29) is 17.3 Å². The van der Waals surface area contributed by atoms with E-state index >= 15 is 0 Å². The van der Waals surface area contributed by atoms with Gasteiger partial charge in [-0.15, -0.1) is 0 Å². The summed E-state index contributed by atoms with van der Waals surface area (Å²) in [5.41, 5.74) is 1.14. The van der Waals surface area contributed by atoms with Crippen LogP contribution in [0.1, 0.15) is 5.56 Å². The maximum atomic E-state index is 13.2. The molecule has 2 rings (SSSR count). The molecule has 0 radical (unpaired) electrons. The monoisotopic (exact) mass is 391 g/mol. The molecule has 0 fully saturated rings. The molecule has 0 saturated carbocycles. The van der Waals surface area contributed by atoms with Crippen LogP contribution < -0.4 is 5.32 Å². The molecule has 1 N–H and O–H groups in total. The van der Waals surface area contributed by atoms with Crippen LogP contribution in [-0.2, 0) is 16.4 Å². The summed E-state index contributed by atoms with van der Waals surface area (Å²) in [6.45, 7) is 0.222. The summed E-state index contributed by atoms with van der Waals surface area (Å²) in [7, 11) is -3.37. The summed E-state index contributed by atoms with van der Waals surface area (Å²) in [5.74, 6) is -0.366. The van der Waals surface area contributed by atoms with Crippen LogP contribution >= 0.6 is 27.5 Å². The number of nitrogens with one attached hydrogen (secondary N) is 1. The van der Waals surface area contributed by atoms with Gasteiger partial charge in [0.05, 0.1) is 9.37 Å². The van der Waals surface area contributed by atoms with Gasteiger partial charge >= 0.3 is 0 Å². The average molecular weight is 393 g/mol. The largest absolute Gasteiger partial charge is 0.381 e.